The Morgan fingerprint density at radius 1 is 0.939 bits per heavy atom. The van der Waals surface area contributed by atoms with Crippen molar-refractivity contribution in [2.75, 3.05) is 32.5 Å². The first kappa shape index (κ1) is 23.9. The van der Waals surface area contributed by atoms with Gasteiger partial charge >= 0.3 is 0 Å². The fourth-order valence-corrected chi connectivity index (χ4v) is 7.16. The number of sulfonamides is 1. The van der Waals surface area contributed by atoms with Gasteiger partial charge in [-0.3, -0.25) is 15.0 Å². The zero-order valence-electron chi connectivity index (χ0n) is 19.0. The summed E-state index contributed by atoms with van der Waals surface area (Å²) in [5, 5.41) is 5.05. The van der Waals surface area contributed by atoms with Crippen LogP contribution in [0.5, 0.6) is 0 Å². The molecule has 0 bridgehead atoms. The van der Waals surface area contributed by atoms with Gasteiger partial charge in [-0.1, -0.05) is 6.42 Å². The van der Waals surface area contributed by atoms with Crippen LogP contribution in [0.25, 0.3) is 0 Å². The van der Waals surface area contributed by atoms with Gasteiger partial charge in [0.15, 0.2) is 0 Å². The van der Waals surface area contributed by atoms with Crippen molar-refractivity contribution in [2.45, 2.75) is 49.8 Å². The van der Waals surface area contributed by atoms with Crippen LogP contribution in [0.1, 0.15) is 63.3 Å². The fraction of sp³-hybridized carbons (Fsp3) is 0.478. The van der Waals surface area contributed by atoms with Gasteiger partial charge in [-0.05, 0) is 68.4 Å². The average Bonchev–Trinajstić information content (AvgIpc) is 3.37. The lowest BCUT2D eigenvalue weighted by molar-refractivity contribution is 0.0857. The van der Waals surface area contributed by atoms with E-state index in [1.165, 1.54) is 39.9 Å². The first-order chi connectivity index (χ1) is 15.8. The lowest BCUT2D eigenvalue weighted by atomic mass is 10.0. The minimum atomic E-state index is -3.53. The van der Waals surface area contributed by atoms with Gasteiger partial charge in [-0.2, -0.15) is 4.31 Å². The van der Waals surface area contributed by atoms with E-state index in [9.17, 15) is 18.0 Å². The number of nitrogens with one attached hydrogen (secondary N) is 2. The molecule has 1 aromatic carbocycles. The van der Waals surface area contributed by atoms with Crippen LogP contribution in [0.15, 0.2) is 29.2 Å². The molecule has 1 saturated heterocycles. The molecule has 1 aromatic heterocycles. The number of hydrogen-bond donors (Lipinski definition) is 2. The molecule has 0 spiro atoms. The van der Waals surface area contributed by atoms with Gasteiger partial charge in [0.1, 0.15) is 5.00 Å². The summed E-state index contributed by atoms with van der Waals surface area (Å²) >= 11 is 1.46. The highest BCUT2D eigenvalue weighted by Gasteiger charge is 2.28. The summed E-state index contributed by atoms with van der Waals surface area (Å²) in [7, 11) is -0.0311. The van der Waals surface area contributed by atoms with Gasteiger partial charge in [-0.25, -0.2) is 13.4 Å². The average molecular weight is 491 g/mol. The second kappa shape index (κ2) is 9.92. The highest BCUT2D eigenvalue weighted by atomic mass is 32.2. The van der Waals surface area contributed by atoms with Crippen LogP contribution >= 0.6 is 11.3 Å². The zero-order chi connectivity index (χ0) is 23.6. The van der Waals surface area contributed by atoms with Crippen molar-refractivity contribution < 1.29 is 18.0 Å². The Kier molecular flexibility index (Phi) is 7.18. The molecule has 8 nitrogen and oxygen atoms in total. The maximum absolute atomic E-state index is 13.0. The summed E-state index contributed by atoms with van der Waals surface area (Å²) in [4.78, 5) is 27.3. The normalized spacial score (nSPS) is 16.9. The van der Waals surface area contributed by atoms with Crippen molar-refractivity contribution in [3.63, 3.8) is 0 Å². The quantitative estimate of drug-likeness (QED) is 0.478. The molecular formula is C23H30N4O4S2. The highest BCUT2D eigenvalue weighted by molar-refractivity contribution is 7.89. The molecule has 1 aliphatic carbocycles. The molecular weight excluding hydrogens is 460 g/mol. The van der Waals surface area contributed by atoms with Crippen molar-refractivity contribution in [2.24, 2.45) is 0 Å². The third kappa shape index (κ3) is 5.13. The summed E-state index contributed by atoms with van der Waals surface area (Å²) in [5.41, 5.74) is 4.71. The topological polar surface area (TPSA) is 98.8 Å². The number of carbonyl (C=O) groups is 2. The van der Waals surface area contributed by atoms with Crippen molar-refractivity contribution in [3.05, 3.63) is 45.8 Å². The third-order valence-electron chi connectivity index (χ3n) is 6.02. The zero-order valence-corrected chi connectivity index (χ0v) is 20.7. The van der Waals surface area contributed by atoms with Crippen molar-refractivity contribution in [1.82, 2.24) is 14.7 Å². The van der Waals surface area contributed by atoms with E-state index in [1.807, 2.05) is 0 Å². The second-order valence-electron chi connectivity index (χ2n) is 8.69. The van der Waals surface area contributed by atoms with Gasteiger partial charge in [0.2, 0.25) is 10.0 Å². The number of nitrogens with zero attached hydrogens (tertiary/aromatic N) is 2. The largest absolute Gasteiger partial charge is 0.313 e. The number of fused-ring (bicyclic) bond motifs is 1. The third-order valence-corrected chi connectivity index (χ3v) is 9.14. The minimum absolute atomic E-state index is 0.190. The van der Waals surface area contributed by atoms with E-state index >= 15 is 0 Å². The maximum Gasteiger partial charge on any atom is 0.268 e. The van der Waals surface area contributed by atoms with Crippen LogP contribution in [0.3, 0.4) is 0 Å². The van der Waals surface area contributed by atoms with E-state index in [2.05, 4.69) is 10.7 Å². The second-order valence-corrected chi connectivity index (χ2v) is 11.7. The predicted molar refractivity (Wildman–Crippen MR) is 129 cm³/mol. The van der Waals surface area contributed by atoms with Crippen LogP contribution < -0.4 is 10.7 Å². The summed E-state index contributed by atoms with van der Waals surface area (Å²) in [5.74, 6) is -0.600. The number of benzene rings is 1. The minimum Gasteiger partial charge on any atom is -0.313 e. The molecule has 2 amide bonds. The predicted octanol–water partition coefficient (Wildman–Crippen LogP) is 3.26. The van der Waals surface area contributed by atoms with Crippen LogP contribution in [0.4, 0.5) is 5.00 Å². The molecule has 10 heteroatoms. The first-order valence-electron chi connectivity index (χ1n) is 11.3. The number of aryl methyl sites for hydroxylation is 1. The molecule has 2 heterocycles. The maximum atomic E-state index is 13.0. The Hall–Kier alpha value is -2.27. The van der Waals surface area contributed by atoms with E-state index in [1.54, 1.807) is 19.1 Å². The van der Waals surface area contributed by atoms with Crippen LogP contribution in [0, 0.1) is 0 Å². The Labute approximate surface area is 199 Å². The number of rotatable bonds is 6. The van der Waals surface area contributed by atoms with Crippen LogP contribution in [-0.4, -0.2) is 56.7 Å². The molecule has 4 rings (SSSR count). The standard InChI is InChI=1S/C23H30N4O4S2/c1-26(2)25-22(29)20-18-8-4-3-5-9-19(18)32-23(20)24-21(28)16-10-12-17(13-11-16)33(30,31)27-14-6-7-15-27/h10-13H,3-9,14-15H2,1-2H3,(H,24,28)(H,25,29). The van der Waals surface area contributed by atoms with Crippen LogP contribution in [-0.2, 0) is 22.9 Å². The molecule has 1 fully saturated rings. The Bertz CT molecular complexity index is 1130. The van der Waals surface area contributed by atoms with E-state index in [0.717, 1.165) is 55.4 Å². The highest BCUT2D eigenvalue weighted by Crippen LogP contribution is 2.37. The molecule has 2 aromatic rings. The SMILES string of the molecule is CN(C)NC(=O)c1c(NC(=O)c2ccc(S(=O)(=O)N3CCCC3)cc2)sc2c1CCCCC2. The van der Waals surface area contributed by atoms with Gasteiger partial charge in [0.05, 0.1) is 10.5 Å². The number of carbonyl (C=O) groups excluding carboxylic acids is 2. The molecule has 178 valence electrons. The number of thiophene rings is 1. The molecule has 0 saturated carbocycles. The van der Waals surface area contributed by atoms with Gasteiger partial charge in [0.25, 0.3) is 11.8 Å². The molecule has 1 aliphatic heterocycles. The number of anilines is 1. The lowest BCUT2D eigenvalue weighted by Gasteiger charge is -2.16. The smallest absolute Gasteiger partial charge is 0.268 e. The van der Waals surface area contributed by atoms with Crippen molar-refractivity contribution >= 4 is 38.2 Å². The Balaban J connectivity index is 1.57. The molecule has 0 unspecified atom stereocenters. The van der Waals surface area contributed by atoms with Crippen molar-refractivity contribution in [1.29, 1.82) is 0 Å². The fourth-order valence-electron chi connectivity index (χ4n) is 4.36. The van der Waals surface area contributed by atoms with Gasteiger partial charge in [-0.15, -0.1) is 11.3 Å². The van der Waals surface area contributed by atoms with E-state index in [4.69, 9.17) is 0 Å². The van der Waals surface area contributed by atoms with Crippen LogP contribution in [0.2, 0.25) is 0 Å². The molecule has 0 atom stereocenters. The van der Waals surface area contributed by atoms with Gasteiger partial charge < -0.3 is 5.32 Å². The molecule has 2 aliphatic rings. The summed E-state index contributed by atoms with van der Waals surface area (Å²) in [6, 6.07) is 6.00. The lowest BCUT2D eigenvalue weighted by Crippen LogP contribution is -2.36. The molecule has 2 N–H and O–H groups in total. The van der Waals surface area contributed by atoms with Crippen molar-refractivity contribution in [3.8, 4) is 0 Å². The first-order valence-corrected chi connectivity index (χ1v) is 13.6. The van der Waals surface area contributed by atoms with E-state index in [-0.39, 0.29) is 16.7 Å². The number of hydrazine groups is 1. The number of amides is 2. The Morgan fingerprint density at radius 3 is 2.27 bits per heavy atom. The molecule has 0 radical (unpaired) electrons. The monoisotopic (exact) mass is 490 g/mol. The Morgan fingerprint density at radius 2 is 1.61 bits per heavy atom. The number of hydrogen-bond acceptors (Lipinski definition) is 6. The van der Waals surface area contributed by atoms with Gasteiger partial charge in [0, 0.05) is 37.6 Å². The van der Waals surface area contributed by atoms with E-state index < -0.39 is 10.0 Å². The van der Waals surface area contributed by atoms with E-state index in [0.29, 0.717) is 29.2 Å². The summed E-state index contributed by atoms with van der Waals surface area (Å²) in [6.45, 7) is 1.07. The molecule has 33 heavy (non-hydrogen) atoms. The summed E-state index contributed by atoms with van der Waals surface area (Å²) < 4.78 is 26.9. The summed E-state index contributed by atoms with van der Waals surface area (Å²) in [6.07, 6.45) is 6.68.